The first kappa shape index (κ1) is 13.9. The monoisotopic (exact) mass is 244 g/mol. The number of likely N-dealkylation sites (N-methyl/N-ethyl adjacent to an activating group) is 1. The van der Waals surface area contributed by atoms with Crippen molar-refractivity contribution >= 4 is 11.9 Å². The number of aliphatic carboxylic acids is 1. The molecule has 3 atom stereocenters. The lowest BCUT2D eigenvalue weighted by molar-refractivity contribution is -0.149. The smallest absolute Gasteiger partial charge is 0.326 e. The van der Waals surface area contributed by atoms with E-state index in [1.54, 1.807) is 14.0 Å². The molecular formula is C11H20N2O4. The van der Waals surface area contributed by atoms with Crippen LogP contribution in [0, 0.1) is 0 Å². The summed E-state index contributed by atoms with van der Waals surface area (Å²) in [4.78, 5) is 24.3. The summed E-state index contributed by atoms with van der Waals surface area (Å²) in [6.07, 6.45) is 1.02. The van der Waals surface area contributed by atoms with E-state index in [-0.39, 0.29) is 18.1 Å². The Labute approximate surface area is 101 Å². The van der Waals surface area contributed by atoms with Crippen molar-refractivity contribution in [3.63, 3.8) is 0 Å². The van der Waals surface area contributed by atoms with Crippen molar-refractivity contribution in [1.82, 2.24) is 10.2 Å². The number of nitrogens with one attached hydrogen (secondary N) is 1. The Hall–Kier alpha value is -1.14. The fourth-order valence-electron chi connectivity index (χ4n) is 2.08. The van der Waals surface area contributed by atoms with E-state index in [1.807, 2.05) is 0 Å². The fourth-order valence-corrected chi connectivity index (χ4v) is 2.08. The number of amides is 1. The number of carboxylic acid groups (broad SMARTS) is 1. The molecule has 0 radical (unpaired) electrons. The van der Waals surface area contributed by atoms with E-state index in [0.717, 1.165) is 0 Å². The predicted octanol–water partition coefficient (Wildman–Crippen LogP) is -0.315. The molecule has 1 saturated heterocycles. The summed E-state index contributed by atoms with van der Waals surface area (Å²) in [5, 5.41) is 12.0. The average molecular weight is 244 g/mol. The SMILES string of the molecule is CCC(C(=O)O)N(C)C(=O)C1CC(OC)CN1. The second-order valence-electron chi connectivity index (χ2n) is 4.27. The third kappa shape index (κ3) is 3.17. The standard InChI is InChI=1S/C11H20N2O4/c1-4-9(11(15)16)13(2)10(14)8-5-7(17-3)6-12-8/h7-9,12H,4-6H2,1-3H3,(H,15,16). The third-order valence-corrected chi connectivity index (χ3v) is 3.21. The van der Waals surface area contributed by atoms with Gasteiger partial charge in [0.2, 0.25) is 5.91 Å². The molecule has 1 heterocycles. The fraction of sp³-hybridized carbons (Fsp3) is 0.818. The summed E-state index contributed by atoms with van der Waals surface area (Å²) in [5.41, 5.74) is 0. The molecule has 1 amide bonds. The second kappa shape index (κ2) is 5.97. The summed E-state index contributed by atoms with van der Waals surface area (Å²) in [7, 11) is 3.14. The number of carboxylic acids is 1. The Balaban J connectivity index is 2.60. The minimum absolute atomic E-state index is 0.0299. The summed E-state index contributed by atoms with van der Waals surface area (Å²) in [6, 6.07) is -1.09. The van der Waals surface area contributed by atoms with Gasteiger partial charge in [-0.2, -0.15) is 0 Å². The van der Waals surface area contributed by atoms with Gasteiger partial charge in [-0.05, 0) is 12.8 Å². The van der Waals surface area contributed by atoms with Gasteiger partial charge in [0.15, 0.2) is 0 Å². The van der Waals surface area contributed by atoms with Crippen molar-refractivity contribution in [1.29, 1.82) is 0 Å². The van der Waals surface area contributed by atoms with Crippen LogP contribution in [0.2, 0.25) is 0 Å². The van der Waals surface area contributed by atoms with E-state index < -0.39 is 12.0 Å². The van der Waals surface area contributed by atoms with Crippen LogP contribution in [-0.4, -0.2) is 60.8 Å². The van der Waals surface area contributed by atoms with Gasteiger partial charge in [-0.25, -0.2) is 4.79 Å². The van der Waals surface area contributed by atoms with E-state index in [4.69, 9.17) is 9.84 Å². The second-order valence-corrected chi connectivity index (χ2v) is 4.27. The maximum atomic E-state index is 12.1. The molecule has 0 aliphatic carbocycles. The molecule has 1 fully saturated rings. The molecule has 0 aromatic rings. The van der Waals surface area contributed by atoms with Gasteiger partial charge in [0.1, 0.15) is 6.04 Å². The van der Waals surface area contributed by atoms with Crippen LogP contribution in [-0.2, 0) is 14.3 Å². The molecule has 0 bridgehead atoms. The average Bonchev–Trinajstić information content (AvgIpc) is 2.76. The van der Waals surface area contributed by atoms with Gasteiger partial charge >= 0.3 is 5.97 Å². The van der Waals surface area contributed by atoms with Gasteiger partial charge < -0.3 is 20.1 Å². The summed E-state index contributed by atoms with van der Waals surface area (Å²) < 4.78 is 5.16. The van der Waals surface area contributed by atoms with Gasteiger partial charge in [0, 0.05) is 20.7 Å². The van der Waals surface area contributed by atoms with Crippen LogP contribution in [0.15, 0.2) is 0 Å². The van der Waals surface area contributed by atoms with E-state index >= 15 is 0 Å². The number of hydrogen-bond acceptors (Lipinski definition) is 4. The number of nitrogens with zero attached hydrogens (tertiary/aromatic N) is 1. The molecular weight excluding hydrogens is 224 g/mol. The number of carbonyl (C=O) groups excluding carboxylic acids is 1. The predicted molar refractivity (Wildman–Crippen MR) is 61.7 cm³/mol. The van der Waals surface area contributed by atoms with E-state index in [1.165, 1.54) is 11.9 Å². The molecule has 0 aromatic heterocycles. The van der Waals surface area contributed by atoms with Crippen molar-refractivity contribution in [3.8, 4) is 0 Å². The molecule has 2 N–H and O–H groups in total. The van der Waals surface area contributed by atoms with E-state index in [9.17, 15) is 9.59 Å². The summed E-state index contributed by atoms with van der Waals surface area (Å²) in [5.74, 6) is -1.15. The zero-order valence-corrected chi connectivity index (χ0v) is 10.5. The van der Waals surface area contributed by atoms with Gasteiger partial charge in [0.05, 0.1) is 12.1 Å². The largest absolute Gasteiger partial charge is 0.480 e. The number of carbonyl (C=O) groups is 2. The summed E-state index contributed by atoms with van der Waals surface area (Å²) >= 11 is 0. The Morgan fingerprint density at radius 2 is 2.24 bits per heavy atom. The Bertz CT molecular complexity index is 295. The Morgan fingerprint density at radius 3 is 2.65 bits per heavy atom. The lowest BCUT2D eigenvalue weighted by Gasteiger charge is -2.26. The first-order valence-corrected chi connectivity index (χ1v) is 5.76. The first-order chi connectivity index (χ1) is 8.01. The van der Waals surface area contributed by atoms with Crippen LogP contribution in [0.4, 0.5) is 0 Å². The van der Waals surface area contributed by atoms with Gasteiger partial charge in [-0.1, -0.05) is 6.92 Å². The quantitative estimate of drug-likeness (QED) is 0.693. The normalized spacial score (nSPS) is 25.6. The van der Waals surface area contributed by atoms with Crippen molar-refractivity contribution in [3.05, 3.63) is 0 Å². The molecule has 6 heteroatoms. The number of methoxy groups -OCH3 is 1. The van der Waals surface area contributed by atoms with Gasteiger partial charge in [0.25, 0.3) is 0 Å². The van der Waals surface area contributed by atoms with Crippen LogP contribution in [0.1, 0.15) is 19.8 Å². The molecule has 17 heavy (non-hydrogen) atoms. The molecule has 1 aliphatic heterocycles. The lowest BCUT2D eigenvalue weighted by Crippen LogP contribution is -2.49. The number of rotatable bonds is 5. The number of hydrogen-bond donors (Lipinski definition) is 2. The minimum Gasteiger partial charge on any atom is -0.480 e. The molecule has 0 saturated carbocycles. The highest BCUT2D eigenvalue weighted by atomic mass is 16.5. The van der Waals surface area contributed by atoms with Crippen molar-refractivity contribution in [2.75, 3.05) is 20.7 Å². The van der Waals surface area contributed by atoms with E-state index in [2.05, 4.69) is 5.32 Å². The van der Waals surface area contributed by atoms with Crippen LogP contribution < -0.4 is 5.32 Å². The van der Waals surface area contributed by atoms with Crippen LogP contribution >= 0.6 is 0 Å². The molecule has 0 aromatic carbocycles. The molecule has 3 unspecified atom stereocenters. The minimum atomic E-state index is -0.968. The van der Waals surface area contributed by atoms with Crippen LogP contribution in [0.5, 0.6) is 0 Å². The first-order valence-electron chi connectivity index (χ1n) is 5.76. The highest BCUT2D eigenvalue weighted by Gasteiger charge is 2.34. The van der Waals surface area contributed by atoms with Gasteiger partial charge in [-0.15, -0.1) is 0 Å². The third-order valence-electron chi connectivity index (χ3n) is 3.21. The molecule has 1 rings (SSSR count). The zero-order chi connectivity index (χ0) is 13.0. The van der Waals surface area contributed by atoms with Crippen molar-refractivity contribution in [2.24, 2.45) is 0 Å². The lowest BCUT2D eigenvalue weighted by atomic mass is 10.1. The number of ether oxygens (including phenoxy) is 1. The highest BCUT2D eigenvalue weighted by Crippen LogP contribution is 2.13. The summed E-state index contributed by atoms with van der Waals surface area (Å²) in [6.45, 7) is 2.38. The Kier molecular flexibility index (Phi) is 4.89. The van der Waals surface area contributed by atoms with Crippen LogP contribution in [0.3, 0.4) is 0 Å². The maximum Gasteiger partial charge on any atom is 0.326 e. The topological polar surface area (TPSA) is 78.9 Å². The zero-order valence-electron chi connectivity index (χ0n) is 10.5. The highest BCUT2D eigenvalue weighted by molar-refractivity contribution is 5.87. The molecule has 98 valence electrons. The van der Waals surface area contributed by atoms with Crippen molar-refractivity contribution in [2.45, 2.75) is 38.0 Å². The molecule has 6 nitrogen and oxygen atoms in total. The van der Waals surface area contributed by atoms with Crippen molar-refractivity contribution < 1.29 is 19.4 Å². The maximum absolute atomic E-state index is 12.1. The van der Waals surface area contributed by atoms with E-state index in [0.29, 0.717) is 19.4 Å². The molecule has 0 spiro atoms. The molecule has 1 aliphatic rings. The Morgan fingerprint density at radius 1 is 1.59 bits per heavy atom. The van der Waals surface area contributed by atoms with Gasteiger partial charge in [-0.3, -0.25) is 4.79 Å². The van der Waals surface area contributed by atoms with Crippen LogP contribution in [0.25, 0.3) is 0 Å².